The van der Waals surface area contributed by atoms with Crippen LogP contribution in [0, 0.1) is 0 Å². The molecular weight excluding hydrogens is 354 g/mol. The van der Waals surface area contributed by atoms with Crippen LogP contribution < -0.4 is 10.1 Å². The van der Waals surface area contributed by atoms with Gasteiger partial charge in [-0.2, -0.15) is 0 Å². The molecule has 0 unspecified atom stereocenters. The number of ketones is 1. The van der Waals surface area contributed by atoms with Crippen LogP contribution in [0.25, 0.3) is 0 Å². The Morgan fingerprint density at radius 3 is 2.52 bits per heavy atom. The summed E-state index contributed by atoms with van der Waals surface area (Å²) < 4.78 is 6.05. The van der Waals surface area contributed by atoms with Crippen molar-refractivity contribution in [1.82, 2.24) is 0 Å². The van der Waals surface area contributed by atoms with Gasteiger partial charge in [0.2, 0.25) is 0 Å². The molecule has 3 rings (SSSR count). The number of hydrogen-bond donors (Lipinski definition) is 1. The second-order valence-electron chi connectivity index (χ2n) is 5.62. The van der Waals surface area contributed by atoms with Crippen LogP contribution in [0.1, 0.15) is 27.4 Å². The molecule has 0 aromatic heterocycles. The van der Waals surface area contributed by atoms with Crippen molar-refractivity contribution in [3.8, 4) is 5.75 Å². The van der Waals surface area contributed by atoms with Gasteiger partial charge < -0.3 is 10.1 Å². The number of nitrogens with one attached hydrogen (secondary N) is 1. The highest BCUT2D eigenvalue weighted by molar-refractivity contribution is 8.19. The van der Waals surface area contributed by atoms with Crippen LogP contribution in [0.5, 0.6) is 5.75 Å². The third-order valence-electron chi connectivity index (χ3n) is 3.70. The molecule has 0 saturated carbocycles. The lowest BCUT2D eigenvalue weighted by atomic mass is 10.1. The van der Waals surface area contributed by atoms with Gasteiger partial charge in [0.05, 0.1) is 4.58 Å². The first-order chi connectivity index (χ1) is 12.1. The molecule has 2 aromatic rings. The summed E-state index contributed by atoms with van der Waals surface area (Å²) in [5, 5.41) is 2.74. The summed E-state index contributed by atoms with van der Waals surface area (Å²) in [6.45, 7) is 1.42. The van der Waals surface area contributed by atoms with E-state index in [-0.39, 0.29) is 18.3 Å². The first-order valence-corrected chi connectivity index (χ1v) is 10.1. The van der Waals surface area contributed by atoms with E-state index >= 15 is 0 Å². The van der Waals surface area contributed by atoms with E-state index in [0.717, 1.165) is 0 Å². The van der Waals surface area contributed by atoms with E-state index in [0.29, 0.717) is 21.6 Å². The second kappa shape index (κ2) is 8.45. The largest absolute Gasteiger partial charge is 0.484 e. The van der Waals surface area contributed by atoms with Crippen molar-refractivity contribution in [3.05, 3.63) is 59.7 Å². The average molecular weight is 373 g/mol. The zero-order valence-electron chi connectivity index (χ0n) is 13.9. The third-order valence-corrected chi connectivity index (χ3v) is 6.80. The molecule has 4 nitrogen and oxygen atoms in total. The summed E-state index contributed by atoms with van der Waals surface area (Å²) in [5.74, 6) is 2.76. The van der Waals surface area contributed by atoms with Crippen LogP contribution in [0.15, 0.2) is 48.5 Å². The Labute approximate surface area is 155 Å². The molecule has 0 atom stereocenters. The first kappa shape index (κ1) is 17.9. The van der Waals surface area contributed by atoms with E-state index in [1.165, 1.54) is 24.0 Å². The molecule has 0 bridgehead atoms. The Morgan fingerprint density at radius 1 is 1.12 bits per heavy atom. The fourth-order valence-electron chi connectivity index (χ4n) is 2.43. The van der Waals surface area contributed by atoms with Crippen molar-refractivity contribution in [2.75, 3.05) is 23.4 Å². The van der Waals surface area contributed by atoms with Gasteiger partial charge in [0.25, 0.3) is 5.91 Å². The fourth-order valence-corrected chi connectivity index (χ4v) is 5.29. The van der Waals surface area contributed by atoms with E-state index in [1.807, 2.05) is 35.7 Å². The third kappa shape index (κ3) is 5.03. The molecule has 1 heterocycles. The molecule has 1 fully saturated rings. The molecule has 6 heteroatoms. The monoisotopic (exact) mass is 373 g/mol. The molecule has 2 aromatic carbocycles. The number of Topliss-reactive ketones (excluding diaryl/α,β-unsaturated/α-hetero) is 1. The Hall–Kier alpha value is -1.92. The topological polar surface area (TPSA) is 55.4 Å². The molecule has 1 amide bonds. The van der Waals surface area contributed by atoms with Gasteiger partial charge in [-0.3, -0.25) is 9.59 Å². The maximum absolute atomic E-state index is 12.0. The number of rotatable bonds is 6. The fraction of sp³-hybridized carbons (Fsp3) is 0.263. The Balaban J connectivity index is 1.52. The number of amides is 1. The van der Waals surface area contributed by atoms with Crippen molar-refractivity contribution in [2.24, 2.45) is 0 Å². The molecule has 0 radical (unpaired) electrons. The predicted octanol–water partition coefficient (Wildman–Crippen LogP) is 4.39. The molecule has 1 aliphatic rings. The van der Waals surface area contributed by atoms with Crippen molar-refractivity contribution in [3.63, 3.8) is 0 Å². The van der Waals surface area contributed by atoms with E-state index in [1.54, 1.807) is 24.3 Å². The molecule has 1 aliphatic heterocycles. The lowest BCUT2D eigenvalue weighted by Gasteiger charge is -2.11. The quantitative estimate of drug-likeness (QED) is 0.761. The average Bonchev–Trinajstić information content (AvgIpc) is 3.15. The highest BCUT2D eigenvalue weighted by Gasteiger charge is 2.18. The van der Waals surface area contributed by atoms with Gasteiger partial charge in [-0.1, -0.05) is 24.3 Å². The maximum atomic E-state index is 12.0. The van der Waals surface area contributed by atoms with Crippen LogP contribution in [0.4, 0.5) is 5.69 Å². The summed E-state index contributed by atoms with van der Waals surface area (Å²) in [4.78, 5) is 23.4. The molecule has 25 heavy (non-hydrogen) atoms. The van der Waals surface area contributed by atoms with Crippen LogP contribution >= 0.6 is 23.5 Å². The van der Waals surface area contributed by atoms with Crippen molar-refractivity contribution in [2.45, 2.75) is 11.5 Å². The van der Waals surface area contributed by atoms with Gasteiger partial charge in [0.15, 0.2) is 12.4 Å². The minimum absolute atomic E-state index is 0.0361. The molecule has 1 saturated heterocycles. The minimum Gasteiger partial charge on any atom is -0.484 e. The van der Waals surface area contributed by atoms with E-state index in [4.69, 9.17) is 4.74 Å². The second-order valence-corrected chi connectivity index (χ2v) is 8.34. The van der Waals surface area contributed by atoms with Crippen molar-refractivity contribution >= 4 is 40.9 Å². The van der Waals surface area contributed by atoms with E-state index in [9.17, 15) is 9.59 Å². The number of ether oxygens (including phenoxy) is 1. The molecular formula is C19H19NO3S2. The lowest BCUT2D eigenvalue weighted by Crippen LogP contribution is -2.20. The summed E-state index contributed by atoms with van der Waals surface area (Å²) in [5.41, 5.74) is 2.44. The van der Waals surface area contributed by atoms with Gasteiger partial charge in [-0.25, -0.2) is 0 Å². The Kier molecular flexibility index (Phi) is 6.04. The Morgan fingerprint density at radius 2 is 1.84 bits per heavy atom. The van der Waals surface area contributed by atoms with Gasteiger partial charge >= 0.3 is 0 Å². The van der Waals surface area contributed by atoms with Crippen LogP contribution in [-0.4, -0.2) is 29.8 Å². The highest BCUT2D eigenvalue weighted by Crippen LogP contribution is 2.45. The highest BCUT2D eigenvalue weighted by atomic mass is 32.2. The maximum Gasteiger partial charge on any atom is 0.262 e. The molecule has 0 aliphatic carbocycles. The zero-order valence-corrected chi connectivity index (χ0v) is 15.5. The number of carbonyl (C=O) groups is 2. The van der Waals surface area contributed by atoms with Crippen molar-refractivity contribution in [1.29, 1.82) is 0 Å². The van der Waals surface area contributed by atoms with Gasteiger partial charge in [0, 0.05) is 22.8 Å². The van der Waals surface area contributed by atoms with Crippen LogP contribution in [0.2, 0.25) is 0 Å². The normalized spacial score (nSPS) is 14.3. The standard InChI is InChI=1S/C19H19NO3S2/c1-13(21)15-3-2-4-16(11-15)20-18(22)12-23-17-7-5-14(6-8-17)19-24-9-10-25-19/h2-8,11,19H,9-10,12H2,1H3,(H,20,22). The van der Waals surface area contributed by atoms with Gasteiger partial charge in [-0.15, -0.1) is 23.5 Å². The van der Waals surface area contributed by atoms with E-state index in [2.05, 4.69) is 17.4 Å². The number of carbonyl (C=O) groups excluding carboxylic acids is 2. The molecule has 1 N–H and O–H groups in total. The minimum atomic E-state index is -0.258. The number of benzene rings is 2. The number of anilines is 1. The van der Waals surface area contributed by atoms with E-state index < -0.39 is 0 Å². The number of thioether (sulfide) groups is 2. The summed E-state index contributed by atoms with van der Waals surface area (Å²) in [6, 6.07) is 14.8. The predicted molar refractivity (Wildman–Crippen MR) is 105 cm³/mol. The summed E-state index contributed by atoms with van der Waals surface area (Å²) in [6.07, 6.45) is 0. The lowest BCUT2D eigenvalue weighted by molar-refractivity contribution is -0.118. The smallest absolute Gasteiger partial charge is 0.262 e. The van der Waals surface area contributed by atoms with Crippen LogP contribution in [-0.2, 0) is 4.79 Å². The summed E-state index contributed by atoms with van der Waals surface area (Å²) >= 11 is 3.92. The first-order valence-electron chi connectivity index (χ1n) is 7.98. The zero-order chi connectivity index (χ0) is 17.6. The van der Waals surface area contributed by atoms with Gasteiger partial charge in [0.1, 0.15) is 5.75 Å². The van der Waals surface area contributed by atoms with Crippen molar-refractivity contribution < 1.29 is 14.3 Å². The number of hydrogen-bond acceptors (Lipinski definition) is 5. The van der Waals surface area contributed by atoms with Crippen LogP contribution in [0.3, 0.4) is 0 Å². The molecule has 0 spiro atoms. The Bertz CT molecular complexity index is 756. The SMILES string of the molecule is CC(=O)c1cccc(NC(=O)COc2ccc(C3SCCS3)cc2)c1. The summed E-state index contributed by atoms with van der Waals surface area (Å²) in [7, 11) is 0. The van der Waals surface area contributed by atoms with Gasteiger partial charge in [-0.05, 0) is 36.8 Å². The molecule has 130 valence electrons.